The van der Waals surface area contributed by atoms with Crippen molar-refractivity contribution in [1.82, 2.24) is 9.97 Å². The minimum atomic E-state index is -0.0799. The number of unbranched alkanes of at least 4 members (excludes halogenated alkanes) is 5. The Morgan fingerprint density at radius 3 is 2.21 bits per heavy atom. The normalized spacial score (nSPS) is 14.5. The summed E-state index contributed by atoms with van der Waals surface area (Å²) in [5.41, 5.74) is 1.13. The first-order valence-electron chi connectivity index (χ1n) is 7.90. The second-order valence-corrected chi connectivity index (χ2v) is 5.98. The van der Waals surface area contributed by atoms with E-state index in [0.717, 1.165) is 12.1 Å². The predicted molar refractivity (Wildman–Crippen MR) is 81.7 cm³/mol. The van der Waals surface area contributed by atoms with Crippen LogP contribution in [0.15, 0.2) is 11.0 Å². The van der Waals surface area contributed by atoms with Crippen LogP contribution in [0.1, 0.15) is 84.3 Å². The minimum Gasteiger partial charge on any atom is -0.313 e. The molecule has 3 heteroatoms. The Morgan fingerprint density at radius 1 is 1.00 bits per heavy atom. The molecule has 1 rings (SSSR count). The van der Waals surface area contributed by atoms with Crippen LogP contribution in [0, 0.1) is 0 Å². The van der Waals surface area contributed by atoms with Crippen LogP contribution in [0.3, 0.4) is 0 Å². The number of aromatic nitrogens is 2. The van der Waals surface area contributed by atoms with Crippen LogP contribution in [-0.4, -0.2) is 9.97 Å². The summed E-state index contributed by atoms with van der Waals surface area (Å²) in [6, 6.07) is 0. The Kier molecular flexibility index (Phi) is 6.96. The summed E-state index contributed by atoms with van der Waals surface area (Å²) in [6.07, 6.45) is 13.2. The lowest BCUT2D eigenvalue weighted by Crippen LogP contribution is -2.23. The molecule has 1 atom stereocenters. The number of hydrogen-bond acceptors (Lipinski definition) is 1. The number of H-pyrrole nitrogens is 2. The Morgan fingerprint density at radius 2 is 1.63 bits per heavy atom. The molecule has 3 nitrogen and oxygen atoms in total. The fourth-order valence-corrected chi connectivity index (χ4v) is 2.74. The fraction of sp³-hybridized carbons (Fsp3) is 0.812. The number of aromatic amines is 2. The third kappa shape index (κ3) is 5.25. The van der Waals surface area contributed by atoms with Crippen molar-refractivity contribution in [3.63, 3.8) is 0 Å². The van der Waals surface area contributed by atoms with Crippen molar-refractivity contribution < 1.29 is 0 Å². The molecule has 1 aromatic rings. The molecule has 0 amide bonds. The van der Waals surface area contributed by atoms with Gasteiger partial charge in [-0.1, -0.05) is 65.7 Å². The zero-order valence-electron chi connectivity index (χ0n) is 12.8. The molecule has 19 heavy (non-hydrogen) atoms. The van der Waals surface area contributed by atoms with Crippen molar-refractivity contribution in [2.75, 3.05) is 0 Å². The summed E-state index contributed by atoms with van der Waals surface area (Å²) in [5, 5.41) is 0. The lowest BCUT2D eigenvalue weighted by atomic mass is 9.77. The second-order valence-electron chi connectivity index (χ2n) is 5.98. The van der Waals surface area contributed by atoms with Crippen LogP contribution >= 0.6 is 0 Å². The Bertz CT molecular complexity index is 393. The Hall–Kier alpha value is -0.990. The molecule has 0 aromatic carbocycles. The van der Waals surface area contributed by atoms with Gasteiger partial charge in [0.05, 0.1) is 0 Å². The molecule has 0 aliphatic carbocycles. The van der Waals surface area contributed by atoms with E-state index >= 15 is 0 Å². The second kappa shape index (κ2) is 8.23. The third-order valence-corrected chi connectivity index (χ3v) is 4.16. The fourth-order valence-electron chi connectivity index (χ4n) is 2.74. The van der Waals surface area contributed by atoms with Crippen LogP contribution < -0.4 is 5.69 Å². The lowest BCUT2D eigenvalue weighted by Gasteiger charge is -2.28. The number of hydrogen-bond donors (Lipinski definition) is 2. The van der Waals surface area contributed by atoms with Crippen molar-refractivity contribution in [1.29, 1.82) is 0 Å². The first kappa shape index (κ1) is 16.1. The SMILES string of the molecule is CCCCCCCC(C)(CCCC)c1c[nH]c(=O)[nH]1. The largest absolute Gasteiger partial charge is 0.323 e. The van der Waals surface area contributed by atoms with Gasteiger partial charge in [0.2, 0.25) is 0 Å². The zero-order chi connectivity index (χ0) is 14.1. The average molecular weight is 266 g/mol. The van der Waals surface area contributed by atoms with Gasteiger partial charge in [0, 0.05) is 17.3 Å². The highest BCUT2D eigenvalue weighted by Gasteiger charge is 2.27. The maximum absolute atomic E-state index is 11.3. The lowest BCUT2D eigenvalue weighted by molar-refractivity contribution is 0.360. The highest BCUT2D eigenvalue weighted by Crippen LogP contribution is 2.33. The summed E-state index contributed by atoms with van der Waals surface area (Å²) in [6.45, 7) is 6.76. The molecule has 0 saturated carbocycles. The number of rotatable bonds is 10. The zero-order valence-corrected chi connectivity index (χ0v) is 12.8. The third-order valence-electron chi connectivity index (χ3n) is 4.16. The highest BCUT2D eigenvalue weighted by atomic mass is 16.1. The van der Waals surface area contributed by atoms with Gasteiger partial charge >= 0.3 is 5.69 Å². The molecule has 1 heterocycles. The molecule has 0 aliphatic heterocycles. The monoisotopic (exact) mass is 266 g/mol. The first-order chi connectivity index (χ1) is 9.12. The smallest absolute Gasteiger partial charge is 0.313 e. The number of imidazole rings is 1. The van der Waals surface area contributed by atoms with Gasteiger partial charge in [-0.2, -0.15) is 0 Å². The van der Waals surface area contributed by atoms with Crippen molar-refractivity contribution in [3.05, 3.63) is 22.4 Å². The molecule has 1 aromatic heterocycles. The first-order valence-corrected chi connectivity index (χ1v) is 7.90. The molecule has 1 unspecified atom stereocenters. The molecule has 2 N–H and O–H groups in total. The molecule has 0 saturated heterocycles. The molecule has 110 valence electrons. The van der Waals surface area contributed by atoms with E-state index in [2.05, 4.69) is 30.7 Å². The van der Waals surface area contributed by atoms with Gasteiger partial charge in [0.1, 0.15) is 0 Å². The topological polar surface area (TPSA) is 48.6 Å². The van der Waals surface area contributed by atoms with E-state index in [1.807, 2.05) is 6.20 Å². The average Bonchev–Trinajstić information content (AvgIpc) is 2.83. The highest BCUT2D eigenvalue weighted by molar-refractivity contribution is 5.11. The Labute approximate surface area is 117 Å². The maximum Gasteiger partial charge on any atom is 0.323 e. The predicted octanol–water partition coefficient (Wildman–Crippen LogP) is 4.51. The molecule has 0 spiro atoms. The van der Waals surface area contributed by atoms with Crippen LogP contribution in [-0.2, 0) is 5.41 Å². The van der Waals surface area contributed by atoms with Crippen LogP contribution in [0.2, 0.25) is 0 Å². The quantitative estimate of drug-likeness (QED) is 0.601. The van der Waals surface area contributed by atoms with Crippen LogP contribution in [0.4, 0.5) is 0 Å². The Balaban J connectivity index is 2.57. The summed E-state index contributed by atoms with van der Waals surface area (Å²) >= 11 is 0. The van der Waals surface area contributed by atoms with E-state index in [1.165, 1.54) is 51.4 Å². The summed E-state index contributed by atoms with van der Waals surface area (Å²) in [5.74, 6) is 0. The van der Waals surface area contributed by atoms with Gasteiger partial charge in [-0.05, 0) is 12.8 Å². The summed E-state index contributed by atoms with van der Waals surface area (Å²) in [7, 11) is 0. The van der Waals surface area contributed by atoms with Crippen molar-refractivity contribution in [3.8, 4) is 0 Å². The number of nitrogens with one attached hydrogen (secondary N) is 2. The van der Waals surface area contributed by atoms with Gasteiger partial charge in [0.25, 0.3) is 0 Å². The van der Waals surface area contributed by atoms with E-state index in [4.69, 9.17) is 0 Å². The van der Waals surface area contributed by atoms with Gasteiger partial charge in [-0.3, -0.25) is 0 Å². The van der Waals surface area contributed by atoms with E-state index in [-0.39, 0.29) is 11.1 Å². The van der Waals surface area contributed by atoms with E-state index in [9.17, 15) is 4.79 Å². The van der Waals surface area contributed by atoms with E-state index < -0.39 is 0 Å². The standard InChI is InChI=1S/C16H30N2O/c1-4-6-8-9-10-12-16(3,11-7-5-2)14-13-17-15(19)18-14/h13H,4-12H2,1-3H3,(H2,17,18,19). The summed E-state index contributed by atoms with van der Waals surface area (Å²) in [4.78, 5) is 17.0. The van der Waals surface area contributed by atoms with Gasteiger partial charge in [-0.15, -0.1) is 0 Å². The van der Waals surface area contributed by atoms with Crippen molar-refractivity contribution in [2.24, 2.45) is 0 Å². The van der Waals surface area contributed by atoms with Crippen molar-refractivity contribution >= 4 is 0 Å². The van der Waals surface area contributed by atoms with Gasteiger partial charge < -0.3 is 9.97 Å². The maximum atomic E-state index is 11.3. The van der Waals surface area contributed by atoms with E-state index in [1.54, 1.807) is 0 Å². The van der Waals surface area contributed by atoms with Gasteiger partial charge in [-0.25, -0.2) is 4.79 Å². The molecule has 0 fully saturated rings. The molecular weight excluding hydrogens is 236 g/mol. The minimum absolute atomic E-state index is 0.0799. The van der Waals surface area contributed by atoms with E-state index in [0.29, 0.717) is 0 Å². The van der Waals surface area contributed by atoms with Gasteiger partial charge in [0.15, 0.2) is 0 Å². The van der Waals surface area contributed by atoms with Crippen LogP contribution in [0.5, 0.6) is 0 Å². The summed E-state index contributed by atoms with van der Waals surface area (Å²) < 4.78 is 0. The molecule has 0 bridgehead atoms. The molecule has 0 radical (unpaired) electrons. The molecular formula is C16H30N2O. The molecule has 0 aliphatic rings. The van der Waals surface area contributed by atoms with Crippen LogP contribution in [0.25, 0.3) is 0 Å². The van der Waals surface area contributed by atoms with Crippen molar-refractivity contribution in [2.45, 2.75) is 84.0 Å².